The third-order valence-corrected chi connectivity index (χ3v) is 1.02. The highest BCUT2D eigenvalue weighted by Gasteiger charge is 2.07. The lowest BCUT2D eigenvalue weighted by molar-refractivity contribution is 0.0278. The first-order valence-corrected chi connectivity index (χ1v) is 2.74. The molecule has 50 valence electrons. The zero-order chi connectivity index (χ0) is 6.57. The summed E-state index contributed by atoms with van der Waals surface area (Å²) < 4.78 is 0. The molecule has 0 saturated carbocycles. The molecule has 1 unspecified atom stereocenters. The lowest BCUT2D eigenvalue weighted by Gasteiger charge is -2.10. The van der Waals surface area contributed by atoms with Crippen LogP contribution in [0.25, 0.3) is 0 Å². The van der Waals surface area contributed by atoms with Crippen LogP contribution in [0.1, 0.15) is 13.3 Å². The Hall–Kier alpha value is -0.120. The van der Waals surface area contributed by atoms with Gasteiger partial charge >= 0.3 is 0 Å². The summed E-state index contributed by atoms with van der Waals surface area (Å²) in [5.41, 5.74) is 5.10. The van der Waals surface area contributed by atoms with Crippen LogP contribution in [0.15, 0.2) is 0 Å². The molecular weight excluding hydrogens is 106 g/mol. The predicted octanol–water partition coefficient (Wildman–Crippen LogP) is -0.923. The maximum absolute atomic E-state index is 8.80. The molecule has 0 aliphatic rings. The molecule has 0 radical (unpaired) electrons. The number of aliphatic hydroxyl groups is 2. The molecule has 0 saturated heterocycles. The largest absolute Gasteiger partial charge is 0.391 e. The monoisotopic (exact) mass is 119 g/mol. The topological polar surface area (TPSA) is 66.5 Å². The summed E-state index contributed by atoms with van der Waals surface area (Å²) >= 11 is 0. The van der Waals surface area contributed by atoms with Crippen LogP contribution in [0.3, 0.4) is 0 Å². The molecule has 2 atom stereocenters. The van der Waals surface area contributed by atoms with E-state index in [1.54, 1.807) is 6.92 Å². The third-order valence-electron chi connectivity index (χ3n) is 1.02. The minimum absolute atomic E-state index is 0.423. The van der Waals surface area contributed by atoms with Crippen LogP contribution < -0.4 is 5.73 Å². The first kappa shape index (κ1) is 7.88. The van der Waals surface area contributed by atoms with Crippen molar-refractivity contribution in [3.8, 4) is 0 Å². The molecule has 0 aromatic heterocycles. The predicted molar refractivity (Wildman–Crippen MR) is 31.4 cm³/mol. The van der Waals surface area contributed by atoms with Gasteiger partial charge in [0, 0.05) is 0 Å². The van der Waals surface area contributed by atoms with Crippen LogP contribution in [0.2, 0.25) is 0 Å². The molecule has 0 heterocycles. The molecule has 3 nitrogen and oxygen atoms in total. The Morgan fingerprint density at radius 1 is 1.50 bits per heavy atom. The maximum atomic E-state index is 8.80. The van der Waals surface area contributed by atoms with E-state index in [9.17, 15) is 0 Å². The third kappa shape index (κ3) is 2.96. The van der Waals surface area contributed by atoms with Crippen molar-refractivity contribution in [1.29, 1.82) is 0 Å². The highest BCUT2D eigenvalue weighted by molar-refractivity contribution is 4.60. The van der Waals surface area contributed by atoms with E-state index < -0.39 is 12.2 Å². The lowest BCUT2D eigenvalue weighted by Crippen LogP contribution is -2.25. The number of rotatable bonds is 3. The van der Waals surface area contributed by atoms with Crippen molar-refractivity contribution >= 4 is 0 Å². The number of nitrogens with two attached hydrogens (primary N) is 1. The van der Waals surface area contributed by atoms with Gasteiger partial charge in [-0.05, 0) is 19.9 Å². The Bertz CT molecular complexity index is 56.4. The van der Waals surface area contributed by atoms with E-state index in [-0.39, 0.29) is 0 Å². The smallest absolute Gasteiger partial charge is 0.0808 e. The Morgan fingerprint density at radius 2 is 2.00 bits per heavy atom. The molecule has 0 aliphatic heterocycles. The van der Waals surface area contributed by atoms with Gasteiger partial charge in [0.15, 0.2) is 0 Å². The van der Waals surface area contributed by atoms with Crippen molar-refractivity contribution in [1.82, 2.24) is 0 Å². The molecule has 0 aromatic carbocycles. The van der Waals surface area contributed by atoms with Gasteiger partial charge in [-0.3, -0.25) is 0 Å². The van der Waals surface area contributed by atoms with E-state index in [2.05, 4.69) is 0 Å². The van der Waals surface area contributed by atoms with E-state index in [4.69, 9.17) is 15.9 Å². The zero-order valence-electron chi connectivity index (χ0n) is 5.04. The first-order chi connectivity index (χ1) is 3.68. The second-order valence-corrected chi connectivity index (χ2v) is 1.89. The quantitative estimate of drug-likeness (QED) is 0.450. The van der Waals surface area contributed by atoms with E-state index in [1.807, 2.05) is 0 Å². The van der Waals surface area contributed by atoms with Gasteiger partial charge in [-0.15, -0.1) is 0 Å². The van der Waals surface area contributed by atoms with Gasteiger partial charge in [0.25, 0.3) is 0 Å². The molecule has 0 aromatic rings. The van der Waals surface area contributed by atoms with E-state index >= 15 is 0 Å². The maximum Gasteiger partial charge on any atom is 0.0808 e. The van der Waals surface area contributed by atoms with Crippen molar-refractivity contribution in [3.63, 3.8) is 0 Å². The second-order valence-electron chi connectivity index (χ2n) is 1.89. The Labute approximate surface area is 49.1 Å². The molecule has 0 amide bonds. The van der Waals surface area contributed by atoms with Gasteiger partial charge in [-0.25, -0.2) is 0 Å². The van der Waals surface area contributed by atoms with Crippen LogP contribution in [0.5, 0.6) is 0 Å². The van der Waals surface area contributed by atoms with Crippen LogP contribution in [0, 0.1) is 0 Å². The Balaban J connectivity index is 3.17. The fraction of sp³-hybridized carbons (Fsp3) is 1.00. The van der Waals surface area contributed by atoms with Gasteiger partial charge in [0.05, 0.1) is 12.2 Å². The average Bonchev–Trinajstić information content (AvgIpc) is 1.67. The summed E-state index contributed by atoms with van der Waals surface area (Å²) in [5.74, 6) is 0. The minimum atomic E-state index is -0.654. The summed E-state index contributed by atoms with van der Waals surface area (Å²) in [6, 6.07) is 0. The van der Waals surface area contributed by atoms with Gasteiger partial charge in [-0.1, -0.05) is 0 Å². The molecule has 0 fully saturated rings. The fourth-order valence-corrected chi connectivity index (χ4v) is 0.412. The van der Waals surface area contributed by atoms with Crippen molar-refractivity contribution in [2.24, 2.45) is 5.73 Å². The van der Waals surface area contributed by atoms with Crippen LogP contribution in [0.4, 0.5) is 0 Å². The SMILES string of the molecule is CC(O)[C@H](O)CCN. The number of hydrogen-bond donors (Lipinski definition) is 3. The van der Waals surface area contributed by atoms with Crippen molar-refractivity contribution < 1.29 is 10.2 Å². The molecule has 0 rings (SSSR count). The minimum Gasteiger partial charge on any atom is -0.391 e. The molecule has 3 heteroatoms. The molecule has 0 spiro atoms. The zero-order valence-corrected chi connectivity index (χ0v) is 5.04. The molecule has 0 aliphatic carbocycles. The normalized spacial score (nSPS) is 18.0. The van der Waals surface area contributed by atoms with Gasteiger partial charge < -0.3 is 15.9 Å². The highest BCUT2D eigenvalue weighted by atomic mass is 16.3. The van der Waals surface area contributed by atoms with Gasteiger partial charge in [-0.2, -0.15) is 0 Å². The second kappa shape index (κ2) is 3.83. The molecule has 0 bridgehead atoms. The van der Waals surface area contributed by atoms with Crippen molar-refractivity contribution in [2.45, 2.75) is 25.6 Å². The summed E-state index contributed by atoms with van der Waals surface area (Å²) in [4.78, 5) is 0. The number of aliphatic hydroxyl groups excluding tert-OH is 2. The van der Waals surface area contributed by atoms with Crippen LogP contribution in [-0.2, 0) is 0 Å². The molecular formula is C5H13NO2. The van der Waals surface area contributed by atoms with Gasteiger partial charge in [0.1, 0.15) is 0 Å². The van der Waals surface area contributed by atoms with Crippen LogP contribution in [-0.4, -0.2) is 29.0 Å². The van der Waals surface area contributed by atoms with E-state index in [0.29, 0.717) is 13.0 Å². The highest BCUT2D eigenvalue weighted by Crippen LogP contribution is 1.94. The standard InChI is InChI=1S/C5H13NO2/c1-4(7)5(8)2-3-6/h4-5,7-8H,2-3,6H2,1H3/t4?,5-/m1/s1. The summed E-state index contributed by atoms with van der Waals surface area (Å²) in [5, 5.41) is 17.4. The Morgan fingerprint density at radius 3 is 2.12 bits per heavy atom. The lowest BCUT2D eigenvalue weighted by atomic mass is 10.2. The number of hydrogen-bond acceptors (Lipinski definition) is 3. The summed E-state index contributed by atoms with van der Waals surface area (Å²) in [6.07, 6.45) is -0.837. The van der Waals surface area contributed by atoms with Gasteiger partial charge in [0.2, 0.25) is 0 Å². The summed E-state index contributed by atoms with van der Waals surface area (Å²) in [7, 11) is 0. The first-order valence-electron chi connectivity index (χ1n) is 2.74. The van der Waals surface area contributed by atoms with Crippen molar-refractivity contribution in [3.05, 3.63) is 0 Å². The molecule has 8 heavy (non-hydrogen) atoms. The summed E-state index contributed by atoms with van der Waals surface area (Å²) in [6.45, 7) is 1.96. The van der Waals surface area contributed by atoms with Crippen LogP contribution >= 0.6 is 0 Å². The van der Waals surface area contributed by atoms with E-state index in [0.717, 1.165) is 0 Å². The average molecular weight is 119 g/mol. The fourth-order valence-electron chi connectivity index (χ4n) is 0.412. The molecule has 4 N–H and O–H groups in total. The van der Waals surface area contributed by atoms with E-state index in [1.165, 1.54) is 0 Å². The van der Waals surface area contributed by atoms with Crippen molar-refractivity contribution in [2.75, 3.05) is 6.54 Å². The Kier molecular flexibility index (Phi) is 3.77.